The van der Waals surface area contributed by atoms with Crippen molar-refractivity contribution in [3.05, 3.63) is 120 Å². The average Bonchev–Trinajstić information content (AvgIpc) is 3.62. The van der Waals surface area contributed by atoms with Crippen LogP contribution in [0.2, 0.25) is 0 Å². The zero-order valence-electron chi connectivity index (χ0n) is 19.6. The van der Waals surface area contributed by atoms with Crippen molar-refractivity contribution in [1.29, 1.82) is 0 Å². The smallest absolute Gasteiger partial charge is 0.213 e. The second kappa shape index (κ2) is 7.19. The Kier molecular flexibility index (Phi) is 4.01. The molecular formula is C32H23N2OS+. The molecule has 5 heterocycles. The molecule has 3 nitrogen and oxygen atoms in total. The van der Waals surface area contributed by atoms with E-state index >= 15 is 0 Å². The number of nitrogens with one attached hydrogen (secondary N) is 1. The van der Waals surface area contributed by atoms with Gasteiger partial charge in [-0.3, -0.25) is 0 Å². The van der Waals surface area contributed by atoms with Gasteiger partial charge in [-0.25, -0.2) is 0 Å². The van der Waals surface area contributed by atoms with Gasteiger partial charge in [0.05, 0.1) is 16.7 Å². The fourth-order valence-electron chi connectivity index (χ4n) is 6.49. The van der Waals surface area contributed by atoms with Crippen LogP contribution in [0.5, 0.6) is 0 Å². The van der Waals surface area contributed by atoms with Crippen molar-refractivity contribution in [2.45, 2.75) is 18.0 Å². The average molecular weight is 484 g/mol. The lowest BCUT2D eigenvalue weighted by Gasteiger charge is -2.33. The number of benzene rings is 3. The summed E-state index contributed by atoms with van der Waals surface area (Å²) in [5, 5.41) is 9.44. The first-order chi connectivity index (χ1) is 17.7. The van der Waals surface area contributed by atoms with Gasteiger partial charge in [0.1, 0.15) is 5.58 Å². The molecule has 1 N–H and O–H groups in total. The van der Waals surface area contributed by atoms with E-state index < -0.39 is 0 Å². The molecule has 3 unspecified atom stereocenters. The summed E-state index contributed by atoms with van der Waals surface area (Å²) in [6.45, 7) is 8.73. The van der Waals surface area contributed by atoms with Crippen LogP contribution in [0.15, 0.2) is 108 Å². The summed E-state index contributed by atoms with van der Waals surface area (Å²) >= 11 is 1.73. The minimum absolute atomic E-state index is 0.0527. The number of hydrogen-bond donors (Lipinski definition) is 1. The maximum absolute atomic E-state index is 6.64. The molecule has 0 bridgehead atoms. The van der Waals surface area contributed by atoms with E-state index in [-0.39, 0.29) is 18.0 Å². The van der Waals surface area contributed by atoms with Gasteiger partial charge < -0.3 is 9.73 Å². The summed E-state index contributed by atoms with van der Waals surface area (Å²) in [5.74, 6) is 0.155. The fourth-order valence-corrected chi connectivity index (χ4v) is 7.37. The van der Waals surface area contributed by atoms with Crippen LogP contribution in [0.4, 0.5) is 0 Å². The number of nitrogens with zero attached hydrogens (tertiary/aromatic N) is 1. The number of hydrogen-bond acceptors (Lipinski definition) is 3. The Labute approximate surface area is 212 Å². The van der Waals surface area contributed by atoms with E-state index in [9.17, 15) is 0 Å². The van der Waals surface area contributed by atoms with Gasteiger partial charge in [-0.15, -0.1) is 11.3 Å². The van der Waals surface area contributed by atoms with Crippen LogP contribution < -0.4 is 9.88 Å². The standard InChI is InChI=1S/C32H23N2OS/c1-3-25-28(21-9-5-4-8-20(21)26-10-6-7-16-34(25)26)29-24-14-13-22-23-12-11-19-15-17-36-32(19)31(23)35-30(22)27(24)18(2)33-29/h3-17,25,28-29,33H,1-2H2/q+1. The molecule has 36 heavy (non-hydrogen) atoms. The first-order valence-electron chi connectivity index (χ1n) is 12.3. The largest absolute Gasteiger partial charge is 0.454 e. The Bertz CT molecular complexity index is 1890. The molecule has 3 aromatic carbocycles. The molecule has 2 aliphatic rings. The summed E-state index contributed by atoms with van der Waals surface area (Å²) in [6, 6.07) is 26.3. The summed E-state index contributed by atoms with van der Waals surface area (Å²) in [7, 11) is 0. The number of rotatable bonds is 2. The van der Waals surface area contributed by atoms with E-state index in [2.05, 4.69) is 113 Å². The molecular weight excluding hydrogens is 460 g/mol. The van der Waals surface area contributed by atoms with E-state index in [0.29, 0.717) is 0 Å². The van der Waals surface area contributed by atoms with Crippen LogP contribution in [-0.4, -0.2) is 0 Å². The third-order valence-corrected chi connectivity index (χ3v) is 8.93. The summed E-state index contributed by atoms with van der Waals surface area (Å²) in [6.07, 6.45) is 4.25. The third kappa shape index (κ3) is 2.49. The van der Waals surface area contributed by atoms with Crippen LogP contribution in [0.25, 0.3) is 49.0 Å². The molecule has 6 aromatic rings. The highest BCUT2D eigenvalue weighted by Gasteiger charge is 2.46. The summed E-state index contributed by atoms with van der Waals surface area (Å²) < 4.78 is 10.2. The quantitative estimate of drug-likeness (QED) is 0.200. The zero-order valence-corrected chi connectivity index (χ0v) is 20.4. The lowest BCUT2D eigenvalue weighted by molar-refractivity contribution is -0.707. The number of aromatic nitrogens is 1. The van der Waals surface area contributed by atoms with Crippen molar-refractivity contribution in [2.75, 3.05) is 0 Å². The van der Waals surface area contributed by atoms with Gasteiger partial charge in [0.15, 0.2) is 17.8 Å². The molecule has 0 fully saturated rings. The van der Waals surface area contributed by atoms with E-state index in [1.165, 1.54) is 32.5 Å². The van der Waals surface area contributed by atoms with Crippen LogP contribution in [-0.2, 0) is 0 Å². The highest BCUT2D eigenvalue weighted by Crippen LogP contribution is 2.51. The maximum Gasteiger partial charge on any atom is 0.213 e. The molecule has 0 amide bonds. The Morgan fingerprint density at radius 2 is 1.72 bits per heavy atom. The van der Waals surface area contributed by atoms with Crippen molar-refractivity contribution >= 4 is 49.1 Å². The van der Waals surface area contributed by atoms with E-state index in [1.54, 1.807) is 11.3 Å². The molecule has 2 aliphatic heterocycles. The predicted molar refractivity (Wildman–Crippen MR) is 148 cm³/mol. The van der Waals surface area contributed by atoms with Gasteiger partial charge >= 0.3 is 0 Å². The molecule has 3 aromatic heterocycles. The molecule has 4 heteroatoms. The maximum atomic E-state index is 6.64. The number of fused-ring (bicyclic) bond motifs is 10. The van der Waals surface area contributed by atoms with Gasteiger partial charge in [0.25, 0.3) is 0 Å². The Morgan fingerprint density at radius 1 is 0.889 bits per heavy atom. The molecule has 8 rings (SSSR count). The molecule has 172 valence electrons. The van der Waals surface area contributed by atoms with Gasteiger partial charge in [0.2, 0.25) is 5.69 Å². The lowest BCUT2D eigenvalue weighted by Crippen LogP contribution is -2.48. The number of pyridine rings is 1. The van der Waals surface area contributed by atoms with Crippen molar-refractivity contribution in [2.24, 2.45) is 0 Å². The Morgan fingerprint density at radius 3 is 2.64 bits per heavy atom. The second-order valence-corrected chi connectivity index (χ2v) is 10.6. The molecule has 0 aliphatic carbocycles. The van der Waals surface area contributed by atoms with Crippen LogP contribution in [0, 0.1) is 0 Å². The van der Waals surface area contributed by atoms with Crippen LogP contribution >= 0.6 is 11.3 Å². The first kappa shape index (κ1) is 20.1. The number of allylic oxidation sites excluding steroid dienone is 1. The van der Waals surface area contributed by atoms with Gasteiger partial charge in [-0.2, -0.15) is 4.57 Å². The zero-order chi connectivity index (χ0) is 24.0. The minimum Gasteiger partial charge on any atom is -0.454 e. The van der Waals surface area contributed by atoms with Crippen molar-refractivity contribution in [3.8, 4) is 11.3 Å². The highest BCUT2D eigenvalue weighted by molar-refractivity contribution is 7.18. The highest BCUT2D eigenvalue weighted by atomic mass is 32.1. The van der Waals surface area contributed by atoms with Crippen molar-refractivity contribution in [1.82, 2.24) is 5.32 Å². The molecule has 0 saturated carbocycles. The van der Waals surface area contributed by atoms with Gasteiger partial charge in [-0.1, -0.05) is 49.6 Å². The molecule has 0 radical (unpaired) electrons. The van der Waals surface area contributed by atoms with E-state index in [0.717, 1.165) is 33.2 Å². The SMILES string of the molecule is C=CC1C(C2NC(=C)c3c2ccc2c3oc3c2ccc2ccsc23)c2ccccc2-c2cccc[n+]21. The normalized spacial score (nSPS) is 20.3. The summed E-state index contributed by atoms with van der Waals surface area (Å²) in [5.41, 5.74) is 8.98. The molecule has 3 atom stereocenters. The lowest BCUT2D eigenvalue weighted by atomic mass is 9.76. The van der Waals surface area contributed by atoms with Crippen molar-refractivity contribution in [3.63, 3.8) is 0 Å². The van der Waals surface area contributed by atoms with Crippen LogP contribution in [0.1, 0.15) is 34.7 Å². The van der Waals surface area contributed by atoms with Gasteiger partial charge in [0, 0.05) is 39.7 Å². The molecule has 0 saturated heterocycles. The topological polar surface area (TPSA) is 29.1 Å². The molecule has 0 spiro atoms. The minimum atomic E-state index is 0.0527. The Balaban J connectivity index is 1.37. The van der Waals surface area contributed by atoms with Crippen molar-refractivity contribution < 1.29 is 8.98 Å². The van der Waals surface area contributed by atoms with E-state index in [4.69, 9.17) is 4.42 Å². The number of furan rings is 1. The summed E-state index contributed by atoms with van der Waals surface area (Å²) in [4.78, 5) is 0. The first-order valence-corrected chi connectivity index (χ1v) is 13.2. The second-order valence-electron chi connectivity index (χ2n) is 9.72. The number of thiophene rings is 1. The third-order valence-electron chi connectivity index (χ3n) is 8.00. The van der Waals surface area contributed by atoms with E-state index in [1.807, 2.05) is 0 Å². The predicted octanol–water partition coefficient (Wildman–Crippen LogP) is 7.89. The Hall–Kier alpha value is -4.15. The fraction of sp³-hybridized carbons (Fsp3) is 0.0938. The van der Waals surface area contributed by atoms with Crippen LogP contribution in [0.3, 0.4) is 0 Å². The van der Waals surface area contributed by atoms with Gasteiger partial charge in [-0.05, 0) is 52.2 Å². The monoisotopic (exact) mass is 483 g/mol.